The second-order valence-electron chi connectivity index (χ2n) is 7.31. The molecule has 0 bridgehead atoms. The topological polar surface area (TPSA) is 56.1 Å². The molecule has 3 aromatic carbocycles. The standard InChI is InChI=1S/C26H25N3O2/c1-3-24(22-12-8-5-9-13-22)31-26(30)28-25-23(18-27-29(25)2)21-16-14-20(15-17-21)19-10-6-4-7-11-19/h4-18,24H,3H2,1-2H3,(H,28,30). The second kappa shape index (κ2) is 9.30. The highest BCUT2D eigenvalue weighted by Crippen LogP contribution is 2.30. The van der Waals surface area contributed by atoms with E-state index in [4.69, 9.17) is 4.74 Å². The summed E-state index contributed by atoms with van der Waals surface area (Å²) in [7, 11) is 1.80. The fourth-order valence-electron chi connectivity index (χ4n) is 3.58. The summed E-state index contributed by atoms with van der Waals surface area (Å²) in [6.45, 7) is 1.99. The largest absolute Gasteiger partial charge is 0.441 e. The van der Waals surface area contributed by atoms with Crippen LogP contribution in [0.3, 0.4) is 0 Å². The molecular weight excluding hydrogens is 386 g/mol. The second-order valence-corrected chi connectivity index (χ2v) is 7.31. The van der Waals surface area contributed by atoms with Crippen LogP contribution in [0, 0.1) is 0 Å². The molecule has 0 saturated heterocycles. The first-order chi connectivity index (χ1) is 15.2. The van der Waals surface area contributed by atoms with Crippen LogP contribution in [-0.2, 0) is 11.8 Å². The van der Waals surface area contributed by atoms with Gasteiger partial charge in [0.25, 0.3) is 0 Å². The van der Waals surface area contributed by atoms with Crippen molar-refractivity contribution < 1.29 is 9.53 Å². The van der Waals surface area contributed by atoms with Gasteiger partial charge in [0.05, 0.1) is 6.20 Å². The maximum absolute atomic E-state index is 12.7. The molecule has 5 heteroatoms. The first-order valence-corrected chi connectivity index (χ1v) is 10.4. The van der Waals surface area contributed by atoms with Gasteiger partial charge in [-0.1, -0.05) is 91.9 Å². The summed E-state index contributed by atoms with van der Waals surface area (Å²) in [5.41, 5.74) is 5.08. The molecule has 31 heavy (non-hydrogen) atoms. The minimum absolute atomic E-state index is 0.303. The normalized spacial score (nSPS) is 11.7. The molecule has 0 aliphatic heterocycles. The number of aryl methyl sites for hydroxylation is 1. The highest BCUT2D eigenvalue weighted by atomic mass is 16.6. The summed E-state index contributed by atoms with van der Waals surface area (Å²) in [4.78, 5) is 12.7. The molecule has 0 fully saturated rings. The molecule has 4 aromatic rings. The molecule has 1 N–H and O–H groups in total. The highest BCUT2D eigenvalue weighted by molar-refractivity contribution is 5.90. The Morgan fingerprint density at radius 1 is 0.903 bits per heavy atom. The molecular formula is C26H25N3O2. The minimum Gasteiger partial charge on any atom is -0.441 e. The molecule has 1 amide bonds. The Balaban J connectivity index is 1.52. The van der Waals surface area contributed by atoms with Gasteiger partial charge in [-0.15, -0.1) is 0 Å². The van der Waals surface area contributed by atoms with Gasteiger partial charge >= 0.3 is 6.09 Å². The van der Waals surface area contributed by atoms with Gasteiger partial charge in [-0.05, 0) is 28.7 Å². The van der Waals surface area contributed by atoms with Gasteiger partial charge < -0.3 is 4.74 Å². The first-order valence-electron chi connectivity index (χ1n) is 10.4. The highest BCUT2D eigenvalue weighted by Gasteiger charge is 2.18. The number of carbonyl (C=O) groups excluding carboxylic acids is 1. The average Bonchev–Trinajstić information content (AvgIpc) is 3.18. The van der Waals surface area contributed by atoms with Gasteiger partial charge in [-0.25, -0.2) is 4.79 Å². The third kappa shape index (κ3) is 4.67. The van der Waals surface area contributed by atoms with Crippen LogP contribution in [0.1, 0.15) is 25.0 Å². The van der Waals surface area contributed by atoms with E-state index >= 15 is 0 Å². The molecule has 0 aliphatic carbocycles. The van der Waals surface area contributed by atoms with E-state index in [1.54, 1.807) is 17.9 Å². The lowest BCUT2D eigenvalue weighted by atomic mass is 10.0. The minimum atomic E-state index is -0.499. The summed E-state index contributed by atoms with van der Waals surface area (Å²) in [6, 6.07) is 28.2. The lowest BCUT2D eigenvalue weighted by Crippen LogP contribution is -2.19. The number of hydrogen-bond donors (Lipinski definition) is 1. The van der Waals surface area contributed by atoms with Crippen molar-refractivity contribution in [2.45, 2.75) is 19.4 Å². The van der Waals surface area contributed by atoms with Crippen LogP contribution < -0.4 is 5.32 Å². The number of ether oxygens (including phenoxy) is 1. The molecule has 1 heterocycles. The first kappa shape index (κ1) is 20.4. The van der Waals surface area contributed by atoms with Crippen molar-refractivity contribution in [3.63, 3.8) is 0 Å². The van der Waals surface area contributed by atoms with Crippen molar-refractivity contribution in [3.8, 4) is 22.3 Å². The lowest BCUT2D eigenvalue weighted by Gasteiger charge is -2.17. The van der Waals surface area contributed by atoms with Crippen molar-refractivity contribution in [3.05, 3.63) is 96.7 Å². The molecule has 156 valence electrons. The Kier molecular flexibility index (Phi) is 6.13. The van der Waals surface area contributed by atoms with Gasteiger partial charge in [0.2, 0.25) is 0 Å². The maximum Gasteiger partial charge on any atom is 0.413 e. The Bertz CT molecular complexity index is 1140. The molecule has 4 rings (SSSR count). The summed E-state index contributed by atoms with van der Waals surface area (Å²) in [5.74, 6) is 0.598. The van der Waals surface area contributed by atoms with Crippen LogP contribution in [0.15, 0.2) is 91.1 Å². The van der Waals surface area contributed by atoms with E-state index in [-0.39, 0.29) is 6.10 Å². The van der Waals surface area contributed by atoms with Gasteiger partial charge in [0, 0.05) is 12.6 Å². The molecule has 0 radical (unpaired) electrons. The van der Waals surface area contributed by atoms with Gasteiger partial charge in [-0.2, -0.15) is 5.10 Å². The Morgan fingerprint density at radius 3 is 2.13 bits per heavy atom. The summed E-state index contributed by atoms with van der Waals surface area (Å²) in [6.07, 6.45) is 1.64. The zero-order chi connectivity index (χ0) is 21.6. The number of rotatable bonds is 6. The van der Waals surface area contributed by atoms with Crippen LogP contribution in [0.5, 0.6) is 0 Å². The molecule has 1 aromatic heterocycles. The Hall–Kier alpha value is -3.86. The lowest BCUT2D eigenvalue weighted by molar-refractivity contribution is 0.108. The van der Waals surface area contributed by atoms with Crippen LogP contribution >= 0.6 is 0 Å². The molecule has 0 spiro atoms. The molecule has 1 atom stereocenters. The number of anilines is 1. The predicted molar refractivity (Wildman–Crippen MR) is 124 cm³/mol. The van der Waals surface area contributed by atoms with Gasteiger partial charge in [0.1, 0.15) is 11.9 Å². The fourth-order valence-corrected chi connectivity index (χ4v) is 3.58. The number of benzene rings is 3. The predicted octanol–water partition coefficient (Wildman–Crippen LogP) is 6.45. The molecule has 1 unspecified atom stereocenters. The van der Waals surface area contributed by atoms with Crippen molar-refractivity contribution in [2.75, 3.05) is 5.32 Å². The molecule has 5 nitrogen and oxygen atoms in total. The number of hydrogen-bond acceptors (Lipinski definition) is 3. The van der Waals surface area contributed by atoms with E-state index in [0.717, 1.165) is 27.8 Å². The maximum atomic E-state index is 12.7. The summed E-state index contributed by atoms with van der Waals surface area (Å²) >= 11 is 0. The number of nitrogens with one attached hydrogen (secondary N) is 1. The van der Waals surface area contributed by atoms with E-state index in [0.29, 0.717) is 12.2 Å². The number of nitrogens with zero attached hydrogens (tertiary/aromatic N) is 2. The number of amides is 1. The van der Waals surface area contributed by atoms with E-state index < -0.39 is 6.09 Å². The van der Waals surface area contributed by atoms with Crippen LogP contribution in [0.2, 0.25) is 0 Å². The zero-order valence-electron chi connectivity index (χ0n) is 17.7. The van der Waals surface area contributed by atoms with Crippen molar-refractivity contribution in [1.29, 1.82) is 0 Å². The Labute approximate surface area is 182 Å². The quantitative estimate of drug-likeness (QED) is 0.396. The van der Waals surface area contributed by atoms with Crippen LogP contribution in [-0.4, -0.2) is 15.9 Å². The SMILES string of the molecule is CCC(OC(=O)Nc1c(-c2ccc(-c3ccccc3)cc2)cnn1C)c1ccccc1. The smallest absolute Gasteiger partial charge is 0.413 e. The molecule has 0 saturated carbocycles. The molecule has 0 aliphatic rings. The van der Waals surface area contributed by atoms with Crippen molar-refractivity contribution in [2.24, 2.45) is 7.05 Å². The van der Waals surface area contributed by atoms with Gasteiger partial charge in [-0.3, -0.25) is 10.00 Å². The van der Waals surface area contributed by atoms with E-state index in [1.165, 1.54) is 0 Å². The zero-order valence-corrected chi connectivity index (χ0v) is 17.7. The van der Waals surface area contributed by atoms with E-state index in [2.05, 4.69) is 34.7 Å². The average molecular weight is 412 g/mol. The summed E-state index contributed by atoms with van der Waals surface area (Å²) in [5, 5.41) is 7.21. The number of aromatic nitrogens is 2. The van der Waals surface area contributed by atoms with E-state index in [9.17, 15) is 4.79 Å². The third-order valence-corrected chi connectivity index (χ3v) is 5.25. The van der Waals surface area contributed by atoms with Crippen molar-refractivity contribution in [1.82, 2.24) is 9.78 Å². The van der Waals surface area contributed by atoms with E-state index in [1.807, 2.05) is 67.6 Å². The monoisotopic (exact) mass is 411 g/mol. The Morgan fingerprint density at radius 2 is 1.48 bits per heavy atom. The van der Waals surface area contributed by atoms with Crippen LogP contribution in [0.4, 0.5) is 10.6 Å². The fraction of sp³-hybridized carbons (Fsp3) is 0.154. The van der Waals surface area contributed by atoms with Crippen LogP contribution in [0.25, 0.3) is 22.3 Å². The summed E-state index contributed by atoms with van der Waals surface area (Å²) < 4.78 is 7.33. The van der Waals surface area contributed by atoms with Crippen molar-refractivity contribution >= 4 is 11.9 Å². The van der Waals surface area contributed by atoms with Gasteiger partial charge in [0.15, 0.2) is 0 Å². The third-order valence-electron chi connectivity index (χ3n) is 5.25. The number of carbonyl (C=O) groups is 1.